The van der Waals surface area contributed by atoms with E-state index in [0.717, 1.165) is 12.2 Å². The van der Waals surface area contributed by atoms with Crippen molar-refractivity contribution in [2.45, 2.75) is 54.1 Å². The van der Waals surface area contributed by atoms with Crippen molar-refractivity contribution in [2.24, 2.45) is 5.92 Å². The molecule has 1 N–H and O–H groups in total. The zero-order valence-corrected chi connectivity index (χ0v) is 14.8. The lowest BCUT2D eigenvalue weighted by molar-refractivity contribution is 0.410. The number of aryl methyl sites for hydroxylation is 4. The molecule has 2 rings (SSSR count). The van der Waals surface area contributed by atoms with E-state index in [-0.39, 0.29) is 0 Å². The molecule has 0 radical (unpaired) electrons. The molecular formula is C16H24N2S2. The predicted octanol–water partition coefficient (Wildman–Crippen LogP) is 4.93. The topological polar surface area (TPSA) is 24.9 Å². The van der Waals surface area contributed by atoms with Crippen molar-refractivity contribution in [1.29, 1.82) is 0 Å². The van der Waals surface area contributed by atoms with E-state index in [9.17, 15) is 0 Å². The van der Waals surface area contributed by atoms with Gasteiger partial charge in [-0.2, -0.15) is 0 Å². The Morgan fingerprint density at radius 3 is 2.25 bits per heavy atom. The number of thiazole rings is 1. The van der Waals surface area contributed by atoms with Gasteiger partial charge in [0, 0.05) is 27.2 Å². The molecule has 2 nitrogen and oxygen atoms in total. The van der Waals surface area contributed by atoms with Gasteiger partial charge >= 0.3 is 0 Å². The number of nitrogens with one attached hydrogen (secondary N) is 1. The van der Waals surface area contributed by atoms with Gasteiger partial charge in [0.1, 0.15) is 5.01 Å². The van der Waals surface area contributed by atoms with Crippen LogP contribution in [0.3, 0.4) is 0 Å². The van der Waals surface area contributed by atoms with E-state index in [4.69, 9.17) is 0 Å². The Morgan fingerprint density at radius 2 is 1.80 bits per heavy atom. The molecule has 0 bridgehead atoms. The summed E-state index contributed by atoms with van der Waals surface area (Å²) in [7, 11) is 0. The molecule has 2 heterocycles. The SMILES string of the molecule is Cc1cc([C@H](NCc2nc(C)c(C)s2)C(C)C)c(C)s1. The van der Waals surface area contributed by atoms with Crippen LogP contribution in [0.5, 0.6) is 0 Å². The van der Waals surface area contributed by atoms with Crippen LogP contribution >= 0.6 is 22.7 Å². The van der Waals surface area contributed by atoms with Crippen molar-refractivity contribution in [2.75, 3.05) is 0 Å². The van der Waals surface area contributed by atoms with Gasteiger partial charge in [-0.3, -0.25) is 0 Å². The maximum Gasteiger partial charge on any atom is 0.107 e. The maximum absolute atomic E-state index is 4.62. The molecule has 0 aliphatic rings. The van der Waals surface area contributed by atoms with Gasteiger partial charge in [0.15, 0.2) is 0 Å². The molecule has 1 atom stereocenters. The van der Waals surface area contributed by atoms with Gasteiger partial charge in [0.2, 0.25) is 0 Å². The minimum atomic E-state index is 0.407. The van der Waals surface area contributed by atoms with Crippen LogP contribution in [-0.4, -0.2) is 4.98 Å². The summed E-state index contributed by atoms with van der Waals surface area (Å²) in [6, 6.07) is 2.74. The first kappa shape index (κ1) is 15.7. The van der Waals surface area contributed by atoms with Gasteiger partial charge in [-0.1, -0.05) is 13.8 Å². The van der Waals surface area contributed by atoms with Crippen LogP contribution in [0.15, 0.2) is 6.07 Å². The van der Waals surface area contributed by atoms with Gasteiger partial charge in [-0.15, -0.1) is 22.7 Å². The van der Waals surface area contributed by atoms with Crippen LogP contribution in [0.25, 0.3) is 0 Å². The highest BCUT2D eigenvalue weighted by atomic mass is 32.1. The fraction of sp³-hybridized carbons (Fsp3) is 0.562. The minimum Gasteiger partial charge on any atom is -0.303 e. The van der Waals surface area contributed by atoms with Gasteiger partial charge in [0.25, 0.3) is 0 Å². The molecule has 0 aromatic carbocycles. The van der Waals surface area contributed by atoms with Gasteiger partial charge in [0.05, 0.1) is 5.69 Å². The second-order valence-corrected chi connectivity index (χ2v) is 8.47. The third kappa shape index (κ3) is 3.48. The minimum absolute atomic E-state index is 0.407. The third-order valence-corrected chi connectivity index (χ3v) is 5.68. The van der Waals surface area contributed by atoms with E-state index < -0.39 is 0 Å². The molecule has 0 fully saturated rings. The summed E-state index contributed by atoms with van der Waals surface area (Å²) >= 11 is 3.69. The Kier molecular flexibility index (Phi) is 4.99. The zero-order valence-electron chi connectivity index (χ0n) is 13.2. The summed E-state index contributed by atoms with van der Waals surface area (Å²) in [5.74, 6) is 0.574. The van der Waals surface area contributed by atoms with Crippen molar-refractivity contribution in [1.82, 2.24) is 10.3 Å². The number of nitrogens with zero attached hydrogens (tertiary/aromatic N) is 1. The Bertz CT molecular complexity index is 562. The Morgan fingerprint density at radius 1 is 1.10 bits per heavy atom. The molecule has 0 aliphatic heterocycles. The van der Waals surface area contributed by atoms with Crippen LogP contribution in [0.4, 0.5) is 0 Å². The second kappa shape index (κ2) is 6.37. The molecule has 0 saturated heterocycles. The van der Waals surface area contributed by atoms with Crippen LogP contribution in [0.1, 0.15) is 50.8 Å². The smallest absolute Gasteiger partial charge is 0.107 e. The summed E-state index contributed by atoms with van der Waals surface area (Å²) < 4.78 is 0. The van der Waals surface area contributed by atoms with Crippen molar-refractivity contribution in [3.8, 4) is 0 Å². The molecule has 4 heteroatoms. The van der Waals surface area contributed by atoms with Crippen LogP contribution in [-0.2, 0) is 6.54 Å². The standard InChI is InChI=1S/C16H24N2S2/c1-9(2)16(14-7-10(3)19-13(14)6)17-8-15-18-11(4)12(5)20-15/h7,9,16-17H,8H2,1-6H3/t16-/m1/s1. The molecule has 0 saturated carbocycles. The van der Waals surface area contributed by atoms with Crippen LogP contribution in [0, 0.1) is 33.6 Å². The summed E-state index contributed by atoms with van der Waals surface area (Å²) in [5.41, 5.74) is 2.61. The number of aromatic nitrogens is 1. The number of thiophene rings is 1. The molecule has 20 heavy (non-hydrogen) atoms. The molecule has 110 valence electrons. The first-order valence-electron chi connectivity index (χ1n) is 7.11. The molecule has 0 aliphatic carbocycles. The lowest BCUT2D eigenvalue weighted by atomic mass is 9.96. The maximum atomic E-state index is 4.62. The summed E-state index contributed by atoms with van der Waals surface area (Å²) in [4.78, 5) is 8.77. The summed E-state index contributed by atoms with van der Waals surface area (Å²) in [6.07, 6.45) is 0. The number of rotatable bonds is 5. The van der Waals surface area contributed by atoms with E-state index in [1.54, 1.807) is 11.3 Å². The molecule has 2 aromatic rings. The van der Waals surface area contributed by atoms with Gasteiger partial charge < -0.3 is 5.32 Å². The highest BCUT2D eigenvalue weighted by molar-refractivity contribution is 7.12. The largest absolute Gasteiger partial charge is 0.303 e. The zero-order chi connectivity index (χ0) is 14.9. The Hall–Kier alpha value is -0.710. The Balaban J connectivity index is 2.12. The van der Waals surface area contributed by atoms with E-state index >= 15 is 0 Å². The average Bonchev–Trinajstić information content (AvgIpc) is 2.83. The van der Waals surface area contributed by atoms with Gasteiger partial charge in [-0.25, -0.2) is 4.98 Å². The molecule has 2 aromatic heterocycles. The third-order valence-electron chi connectivity index (χ3n) is 3.63. The average molecular weight is 309 g/mol. The van der Waals surface area contributed by atoms with Crippen molar-refractivity contribution in [3.63, 3.8) is 0 Å². The second-order valence-electron chi connectivity index (χ2n) is 5.72. The van der Waals surface area contributed by atoms with Crippen molar-refractivity contribution >= 4 is 22.7 Å². The van der Waals surface area contributed by atoms with E-state index in [2.05, 4.69) is 57.9 Å². The first-order chi connectivity index (χ1) is 9.38. The first-order valence-corrected chi connectivity index (χ1v) is 8.75. The fourth-order valence-electron chi connectivity index (χ4n) is 2.48. The normalized spacial score (nSPS) is 13.2. The molecule has 0 spiro atoms. The lowest BCUT2D eigenvalue weighted by Crippen LogP contribution is -2.25. The molecule has 0 unspecified atom stereocenters. The summed E-state index contributed by atoms with van der Waals surface area (Å²) in [6.45, 7) is 14.1. The highest BCUT2D eigenvalue weighted by Crippen LogP contribution is 2.31. The lowest BCUT2D eigenvalue weighted by Gasteiger charge is -2.22. The van der Waals surface area contributed by atoms with E-state index in [0.29, 0.717) is 12.0 Å². The fourth-order valence-corrected chi connectivity index (χ4v) is 4.33. The van der Waals surface area contributed by atoms with Crippen molar-refractivity contribution < 1.29 is 0 Å². The number of hydrogen-bond donors (Lipinski definition) is 1. The summed E-state index contributed by atoms with van der Waals surface area (Å²) in [5, 5.41) is 4.89. The van der Waals surface area contributed by atoms with Crippen molar-refractivity contribution in [3.05, 3.63) is 37.0 Å². The number of hydrogen-bond acceptors (Lipinski definition) is 4. The van der Waals surface area contributed by atoms with Gasteiger partial charge in [-0.05, 0) is 45.2 Å². The molecule has 0 amide bonds. The highest BCUT2D eigenvalue weighted by Gasteiger charge is 2.19. The van der Waals surface area contributed by atoms with E-state index in [1.807, 2.05) is 11.3 Å². The monoisotopic (exact) mass is 308 g/mol. The predicted molar refractivity (Wildman–Crippen MR) is 89.8 cm³/mol. The van der Waals surface area contributed by atoms with Crippen LogP contribution in [0.2, 0.25) is 0 Å². The van der Waals surface area contributed by atoms with E-state index in [1.165, 1.54) is 25.2 Å². The molecular weight excluding hydrogens is 284 g/mol. The van der Waals surface area contributed by atoms with Crippen LogP contribution < -0.4 is 5.32 Å². The quantitative estimate of drug-likeness (QED) is 0.847. The Labute approximate surface area is 130 Å².